The van der Waals surface area contributed by atoms with Crippen LogP contribution >= 0.6 is 0 Å². The minimum Gasteiger partial charge on any atom is -0.478 e. The lowest BCUT2D eigenvalue weighted by Gasteiger charge is -2.07. The molecule has 1 rings (SSSR count). The summed E-state index contributed by atoms with van der Waals surface area (Å²) in [6.07, 6.45) is 1.71. The SMILES string of the molecule is CCCOc1ccnc(NCCOC(N)=O)n1. The summed E-state index contributed by atoms with van der Waals surface area (Å²) in [6.45, 7) is 3.18. The second kappa shape index (κ2) is 7.26. The number of nitrogens with zero attached hydrogens (tertiary/aromatic N) is 2. The van der Waals surface area contributed by atoms with Crippen molar-refractivity contribution in [1.82, 2.24) is 9.97 Å². The summed E-state index contributed by atoms with van der Waals surface area (Å²) in [6, 6.07) is 1.68. The van der Waals surface area contributed by atoms with Gasteiger partial charge in [0.25, 0.3) is 0 Å². The van der Waals surface area contributed by atoms with Crippen LogP contribution in [0, 0.1) is 0 Å². The average Bonchev–Trinajstić information content (AvgIpc) is 2.32. The van der Waals surface area contributed by atoms with E-state index in [4.69, 9.17) is 10.5 Å². The lowest BCUT2D eigenvalue weighted by atomic mass is 10.5. The van der Waals surface area contributed by atoms with Gasteiger partial charge in [-0.1, -0.05) is 6.92 Å². The number of ether oxygens (including phenoxy) is 2. The molecule has 0 saturated heterocycles. The van der Waals surface area contributed by atoms with Crippen LogP contribution in [0.4, 0.5) is 10.7 Å². The summed E-state index contributed by atoms with van der Waals surface area (Å²) in [7, 11) is 0. The van der Waals surface area contributed by atoms with Gasteiger partial charge in [0.15, 0.2) is 0 Å². The van der Waals surface area contributed by atoms with E-state index < -0.39 is 6.09 Å². The standard InChI is InChI=1S/C10H16N4O3/c1-2-6-16-8-3-4-12-10(14-8)13-5-7-17-9(11)15/h3-4H,2,5-7H2,1H3,(H2,11,15)(H,12,13,14). The second-order valence-electron chi connectivity index (χ2n) is 3.16. The Bertz CT molecular complexity index is 359. The van der Waals surface area contributed by atoms with Crippen molar-refractivity contribution in [2.24, 2.45) is 5.73 Å². The molecular weight excluding hydrogens is 224 g/mol. The zero-order valence-electron chi connectivity index (χ0n) is 9.68. The highest BCUT2D eigenvalue weighted by Gasteiger charge is 1.99. The highest BCUT2D eigenvalue weighted by atomic mass is 16.5. The first-order valence-corrected chi connectivity index (χ1v) is 5.34. The lowest BCUT2D eigenvalue weighted by Crippen LogP contribution is -2.19. The molecule has 0 atom stereocenters. The zero-order valence-corrected chi connectivity index (χ0v) is 9.68. The van der Waals surface area contributed by atoms with E-state index in [1.54, 1.807) is 12.3 Å². The molecule has 1 heterocycles. The van der Waals surface area contributed by atoms with Crippen LogP contribution in [0.3, 0.4) is 0 Å². The van der Waals surface area contributed by atoms with Crippen LogP contribution in [0.1, 0.15) is 13.3 Å². The maximum atomic E-state index is 10.3. The van der Waals surface area contributed by atoms with Crippen LogP contribution in [0.25, 0.3) is 0 Å². The predicted octanol–water partition coefficient (Wildman–Crippen LogP) is 0.773. The molecule has 0 radical (unpaired) electrons. The van der Waals surface area contributed by atoms with Gasteiger partial charge in [0.2, 0.25) is 11.8 Å². The maximum absolute atomic E-state index is 10.3. The van der Waals surface area contributed by atoms with Gasteiger partial charge >= 0.3 is 6.09 Å². The summed E-state index contributed by atoms with van der Waals surface area (Å²) in [4.78, 5) is 18.4. The number of aromatic nitrogens is 2. The molecule has 1 amide bonds. The molecule has 0 fully saturated rings. The summed E-state index contributed by atoms with van der Waals surface area (Å²) >= 11 is 0. The van der Waals surface area contributed by atoms with Crippen molar-refractivity contribution < 1.29 is 14.3 Å². The number of nitrogens with two attached hydrogens (primary N) is 1. The fraction of sp³-hybridized carbons (Fsp3) is 0.500. The van der Waals surface area contributed by atoms with Crippen molar-refractivity contribution in [3.8, 4) is 5.88 Å². The first kappa shape index (κ1) is 13.0. The van der Waals surface area contributed by atoms with E-state index in [9.17, 15) is 4.79 Å². The van der Waals surface area contributed by atoms with E-state index in [2.05, 4.69) is 20.0 Å². The van der Waals surface area contributed by atoms with E-state index >= 15 is 0 Å². The number of carbonyl (C=O) groups excluding carboxylic acids is 1. The molecule has 7 nitrogen and oxygen atoms in total. The molecule has 0 spiro atoms. The second-order valence-corrected chi connectivity index (χ2v) is 3.16. The van der Waals surface area contributed by atoms with Crippen LogP contribution in [0.2, 0.25) is 0 Å². The van der Waals surface area contributed by atoms with Gasteiger partial charge in [-0.05, 0) is 6.42 Å². The topological polar surface area (TPSA) is 99.4 Å². The first-order chi connectivity index (χ1) is 8.22. The normalized spacial score (nSPS) is 9.71. The maximum Gasteiger partial charge on any atom is 0.404 e. The van der Waals surface area contributed by atoms with E-state index in [-0.39, 0.29) is 6.61 Å². The minimum atomic E-state index is -0.798. The lowest BCUT2D eigenvalue weighted by molar-refractivity contribution is 0.161. The third-order valence-electron chi connectivity index (χ3n) is 1.71. The summed E-state index contributed by atoms with van der Waals surface area (Å²) in [5, 5.41) is 2.88. The molecular formula is C10H16N4O3. The molecule has 0 bridgehead atoms. The zero-order chi connectivity index (χ0) is 12.5. The van der Waals surface area contributed by atoms with E-state index in [1.807, 2.05) is 6.92 Å². The van der Waals surface area contributed by atoms with Gasteiger partial charge in [-0.15, -0.1) is 0 Å². The molecule has 17 heavy (non-hydrogen) atoms. The molecule has 3 N–H and O–H groups in total. The minimum absolute atomic E-state index is 0.165. The number of carbonyl (C=O) groups is 1. The van der Waals surface area contributed by atoms with Crippen LogP contribution in [0.15, 0.2) is 12.3 Å². The summed E-state index contributed by atoms with van der Waals surface area (Å²) in [5.41, 5.74) is 4.81. The molecule has 0 aliphatic heterocycles. The van der Waals surface area contributed by atoms with Crippen molar-refractivity contribution in [2.45, 2.75) is 13.3 Å². The molecule has 0 aliphatic carbocycles. The molecule has 0 unspecified atom stereocenters. The Morgan fingerprint density at radius 2 is 2.35 bits per heavy atom. The molecule has 0 saturated carbocycles. The molecule has 0 aromatic carbocycles. The number of rotatable bonds is 7. The first-order valence-electron chi connectivity index (χ1n) is 5.34. The van der Waals surface area contributed by atoms with Gasteiger partial charge in [-0.25, -0.2) is 9.78 Å². The van der Waals surface area contributed by atoms with Gasteiger partial charge in [0.1, 0.15) is 6.61 Å². The molecule has 1 aromatic rings. The van der Waals surface area contributed by atoms with Crippen LogP contribution in [-0.2, 0) is 4.74 Å². The Balaban J connectivity index is 2.34. The van der Waals surface area contributed by atoms with Crippen molar-refractivity contribution in [1.29, 1.82) is 0 Å². The average molecular weight is 240 g/mol. The number of anilines is 1. The highest BCUT2D eigenvalue weighted by Crippen LogP contribution is 2.08. The number of nitrogens with one attached hydrogen (secondary N) is 1. The summed E-state index contributed by atoms with van der Waals surface area (Å²) < 4.78 is 9.89. The van der Waals surface area contributed by atoms with E-state index in [1.165, 1.54) is 0 Å². The smallest absolute Gasteiger partial charge is 0.404 e. The van der Waals surface area contributed by atoms with Gasteiger partial charge in [-0.2, -0.15) is 4.98 Å². The Kier molecular flexibility index (Phi) is 5.56. The van der Waals surface area contributed by atoms with Crippen molar-refractivity contribution in [3.05, 3.63) is 12.3 Å². The van der Waals surface area contributed by atoms with Crippen LogP contribution in [-0.4, -0.2) is 35.8 Å². The van der Waals surface area contributed by atoms with Crippen molar-refractivity contribution >= 4 is 12.0 Å². The molecule has 94 valence electrons. The largest absolute Gasteiger partial charge is 0.478 e. The predicted molar refractivity (Wildman–Crippen MR) is 61.8 cm³/mol. The number of amides is 1. The van der Waals surface area contributed by atoms with Crippen LogP contribution in [0.5, 0.6) is 5.88 Å². The van der Waals surface area contributed by atoms with E-state index in [0.717, 1.165) is 6.42 Å². The monoisotopic (exact) mass is 240 g/mol. The Morgan fingerprint density at radius 3 is 3.06 bits per heavy atom. The Labute approximate surface area is 99.3 Å². The third kappa shape index (κ3) is 5.55. The summed E-state index contributed by atoms with van der Waals surface area (Å²) in [5.74, 6) is 0.937. The Hall–Kier alpha value is -2.05. The van der Waals surface area contributed by atoms with Crippen molar-refractivity contribution in [2.75, 3.05) is 25.1 Å². The number of hydrogen-bond donors (Lipinski definition) is 2. The number of primary amides is 1. The molecule has 0 aliphatic rings. The highest BCUT2D eigenvalue weighted by molar-refractivity contribution is 5.64. The molecule has 1 aromatic heterocycles. The fourth-order valence-corrected chi connectivity index (χ4v) is 1.03. The Morgan fingerprint density at radius 1 is 1.53 bits per heavy atom. The van der Waals surface area contributed by atoms with Gasteiger partial charge in [0, 0.05) is 12.3 Å². The van der Waals surface area contributed by atoms with Gasteiger partial charge in [-0.3, -0.25) is 0 Å². The third-order valence-corrected chi connectivity index (χ3v) is 1.71. The fourth-order valence-electron chi connectivity index (χ4n) is 1.03. The number of hydrogen-bond acceptors (Lipinski definition) is 6. The van der Waals surface area contributed by atoms with Gasteiger partial charge in [0.05, 0.1) is 13.2 Å². The molecule has 7 heteroatoms. The van der Waals surface area contributed by atoms with E-state index in [0.29, 0.717) is 25.0 Å². The van der Waals surface area contributed by atoms with Gasteiger partial charge < -0.3 is 20.5 Å². The quantitative estimate of drug-likeness (QED) is 0.683. The van der Waals surface area contributed by atoms with Crippen molar-refractivity contribution in [3.63, 3.8) is 0 Å². The van der Waals surface area contributed by atoms with Crippen LogP contribution < -0.4 is 15.8 Å².